The van der Waals surface area contributed by atoms with Crippen LogP contribution in [0.25, 0.3) is 0 Å². The summed E-state index contributed by atoms with van der Waals surface area (Å²) in [6.07, 6.45) is 2.45. The molecule has 2 aromatic carbocycles. The first-order valence-corrected chi connectivity index (χ1v) is 8.72. The highest BCUT2D eigenvalue weighted by Gasteiger charge is 2.30. The number of hydrogen-bond donors (Lipinski definition) is 0. The molecule has 0 bridgehead atoms. The van der Waals surface area contributed by atoms with Gasteiger partial charge in [-0.1, -0.05) is 42.5 Å². The van der Waals surface area contributed by atoms with Crippen molar-refractivity contribution in [3.8, 4) is 0 Å². The third kappa shape index (κ3) is 3.25. The molecule has 2 heterocycles. The molecule has 28 heavy (non-hydrogen) atoms. The number of aromatic nitrogens is 1. The first kappa shape index (κ1) is 17.5. The number of fused-ring (bicyclic) bond motifs is 1. The van der Waals surface area contributed by atoms with Crippen molar-refractivity contribution in [1.29, 1.82) is 0 Å². The molecule has 1 aliphatic rings. The number of benzene rings is 2. The predicted octanol–water partition coefficient (Wildman–Crippen LogP) is 3.50. The number of carbonyl (C=O) groups is 1. The summed E-state index contributed by atoms with van der Waals surface area (Å²) in [4.78, 5) is 27.0. The van der Waals surface area contributed by atoms with Crippen molar-refractivity contribution < 1.29 is 9.72 Å². The number of aldehydes is 1. The molecule has 0 amide bonds. The Hall–Kier alpha value is -3.87. The van der Waals surface area contributed by atoms with Gasteiger partial charge in [0, 0.05) is 29.5 Å². The van der Waals surface area contributed by atoms with Crippen LogP contribution < -0.4 is 0 Å². The minimum absolute atomic E-state index is 0.0160. The molecule has 0 spiro atoms. The first-order valence-electron chi connectivity index (χ1n) is 8.72. The zero-order chi connectivity index (χ0) is 19.5. The van der Waals surface area contributed by atoms with Crippen LogP contribution in [0.3, 0.4) is 0 Å². The zero-order valence-corrected chi connectivity index (χ0v) is 14.8. The number of carbonyl (C=O) groups excluding carboxylic acids is 1. The maximum Gasteiger partial charge on any atom is 0.270 e. The monoisotopic (exact) mass is 372 g/mol. The van der Waals surface area contributed by atoms with Gasteiger partial charge in [-0.3, -0.25) is 20.1 Å². The smallest absolute Gasteiger partial charge is 0.270 e. The van der Waals surface area contributed by atoms with Crippen LogP contribution in [0.5, 0.6) is 0 Å². The third-order valence-corrected chi connectivity index (χ3v) is 4.57. The molecule has 0 fully saturated rings. The van der Waals surface area contributed by atoms with Crippen LogP contribution in [-0.2, 0) is 11.3 Å². The van der Waals surface area contributed by atoms with E-state index in [2.05, 4.69) is 4.98 Å². The van der Waals surface area contributed by atoms with E-state index in [0.717, 1.165) is 11.8 Å². The number of nitrogens with zero attached hydrogens (tertiary/aromatic N) is 4. The lowest BCUT2D eigenvalue weighted by Crippen LogP contribution is -2.33. The Morgan fingerprint density at radius 2 is 1.89 bits per heavy atom. The van der Waals surface area contributed by atoms with Gasteiger partial charge in [0.25, 0.3) is 5.69 Å². The lowest BCUT2D eigenvalue weighted by atomic mass is 9.95. The summed E-state index contributed by atoms with van der Waals surface area (Å²) in [6.45, 7) is 0.415. The molecule has 1 unspecified atom stereocenters. The minimum Gasteiger partial charge on any atom is -0.301 e. The molecular formula is C21H16N4O3. The lowest BCUT2D eigenvalue weighted by Gasteiger charge is -2.31. The average Bonchev–Trinajstić information content (AvgIpc) is 2.74. The standard InChI is InChI=1S/C21H16N4O3/c26-14-19-21-18(10-5-11-22-21)20(16-8-4-9-17(12-16)25(27)28)23-24(19)13-15-6-2-1-3-7-15/h1-12,14,19H,13H2. The Morgan fingerprint density at radius 1 is 1.07 bits per heavy atom. The number of hydrazone groups is 1. The van der Waals surface area contributed by atoms with Gasteiger partial charge in [0.05, 0.1) is 22.9 Å². The summed E-state index contributed by atoms with van der Waals surface area (Å²) in [5.74, 6) is 0. The molecule has 7 nitrogen and oxygen atoms in total. The maximum atomic E-state index is 11.9. The fourth-order valence-corrected chi connectivity index (χ4v) is 3.26. The normalized spacial score (nSPS) is 15.5. The van der Waals surface area contributed by atoms with Crippen LogP contribution in [0, 0.1) is 10.1 Å². The number of pyridine rings is 1. The van der Waals surface area contributed by atoms with Gasteiger partial charge in [-0.05, 0) is 17.7 Å². The van der Waals surface area contributed by atoms with E-state index in [9.17, 15) is 14.9 Å². The third-order valence-electron chi connectivity index (χ3n) is 4.57. The SMILES string of the molecule is O=CC1c2ncccc2C(c2cccc([N+](=O)[O-])c2)=NN1Cc1ccccc1. The van der Waals surface area contributed by atoms with Crippen molar-refractivity contribution in [1.82, 2.24) is 9.99 Å². The highest BCUT2D eigenvalue weighted by Crippen LogP contribution is 2.31. The molecule has 0 N–H and O–H groups in total. The fourth-order valence-electron chi connectivity index (χ4n) is 3.26. The molecule has 0 saturated heterocycles. The van der Waals surface area contributed by atoms with Crippen molar-refractivity contribution in [2.45, 2.75) is 12.6 Å². The molecule has 1 aromatic heterocycles. The molecule has 4 rings (SSSR count). The molecule has 0 saturated carbocycles. The molecule has 138 valence electrons. The summed E-state index contributed by atoms with van der Waals surface area (Å²) < 4.78 is 0. The van der Waals surface area contributed by atoms with Crippen molar-refractivity contribution in [2.24, 2.45) is 5.10 Å². The molecule has 1 aliphatic heterocycles. The summed E-state index contributed by atoms with van der Waals surface area (Å²) in [6, 6.07) is 19.0. The summed E-state index contributed by atoms with van der Waals surface area (Å²) >= 11 is 0. The zero-order valence-electron chi connectivity index (χ0n) is 14.8. The van der Waals surface area contributed by atoms with Crippen molar-refractivity contribution in [3.05, 3.63) is 105 Å². The molecule has 7 heteroatoms. The summed E-state index contributed by atoms with van der Waals surface area (Å²) in [5, 5.41) is 17.6. The Morgan fingerprint density at radius 3 is 2.64 bits per heavy atom. The van der Waals surface area contributed by atoms with Gasteiger partial charge in [-0.15, -0.1) is 0 Å². The van der Waals surface area contributed by atoms with Crippen molar-refractivity contribution in [2.75, 3.05) is 0 Å². The van der Waals surface area contributed by atoms with Crippen LogP contribution >= 0.6 is 0 Å². The maximum absolute atomic E-state index is 11.9. The van der Waals surface area contributed by atoms with E-state index in [0.29, 0.717) is 29.1 Å². The van der Waals surface area contributed by atoms with Gasteiger partial charge >= 0.3 is 0 Å². The number of hydrogen-bond acceptors (Lipinski definition) is 6. The van der Waals surface area contributed by atoms with Crippen molar-refractivity contribution >= 4 is 17.7 Å². The van der Waals surface area contributed by atoms with Crippen molar-refractivity contribution in [3.63, 3.8) is 0 Å². The van der Waals surface area contributed by atoms with Gasteiger partial charge in [0.1, 0.15) is 12.3 Å². The Kier molecular flexibility index (Phi) is 4.63. The second-order valence-corrected chi connectivity index (χ2v) is 6.36. The van der Waals surface area contributed by atoms with Gasteiger partial charge in [-0.25, -0.2) is 0 Å². The molecule has 3 aromatic rings. The number of non-ortho nitro benzene ring substituents is 1. The topological polar surface area (TPSA) is 88.7 Å². The van der Waals surface area contributed by atoms with Gasteiger partial charge in [0.2, 0.25) is 0 Å². The molecule has 1 atom stereocenters. The number of nitro groups is 1. The highest BCUT2D eigenvalue weighted by atomic mass is 16.6. The van der Waals surface area contributed by atoms with E-state index in [1.165, 1.54) is 12.1 Å². The van der Waals surface area contributed by atoms with E-state index in [1.807, 2.05) is 36.4 Å². The fraction of sp³-hybridized carbons (Fsp3) is 0.0952. The Labute approximate surface area is 161 Å². The van der Waals surface area contributed by atoms with E-state index in [1.54, 1.807) is 29.4 Å². The van der Waals surface area contributed by atoms with Crippen LogP contribution in [0.4, 0.5) is 5.69 Å². The van der Waals surface area contributed by atoms with Crippen LogP contribution in [0.1, 0.15) is 28.4 Å². The predicted molar refractivity (Wildman–Crippen MR) is 104 cm³/mol. The highest BCUT2D eigenvalue weighted by molar-refractivity contribution is 6.14. The first-order chi connectivity index (χ1) is 13.7. The Balaban J connectivity index is 1.84. The Bertz CT molecular complexity index is 1070. The van der Waals surface area contributed by atoms with Crippen LogP contribution in [0.2, 0.25) is 0 Å². The van der Waals surface area contributed by atoms with E-state index >= 15 is 0 Å². The number of nitro benzene ring substituents is 1. The molecular weight excluding hydrogens is 356 g/mol. The minimum atomic E-state index is -0.626. The molecule has 0 radical (unpaired) electrons. The van der Waals surface area contributed by atoms with Gasteiger partial charge < -0.3 is 4.79 Å². The van der Waals surface area contributed by atoms with E-state index in [-0.39, 0.29) is 5.69 Å². The van der Waals surface area contributed by atoms with Crippen LogP contribution in [0.15, 0.2) is 78.0 Å². The lowest BCUT2D eigenvalue weighted by molar-refractivity contribution is -0.384. The van der Waals surface area contributed by atoms with Gasteiger partial charge in [-0.2, -0.15) is 5.10 Å². The molecule has 0 aliphatic carbocycles. The second kappa shape index (κ2) is 7.40. The number of rotatable bonds is 5. The van der Waals surface area contributed by atoms with E-state index < -0.39 is 11.0 Å². The van der Waals surface area contributed by atoms with Crippen LogP contribution in [-0.4, -0.2) is 26.9 Å². The summed E-state index contributed by atoms with van der Waals surface area (Å²) in [7, 11) is 0. The van der Waals surface area contributed by atoms with E-state index in [4.69, 9.17) is 5.10 Å². The summed E-state index contributed by atoms with van der Waals surface area (Å²) in [5.41, 5.74) is 3.43. The quantitative estimate of drug-likeness (QED) is 0.388. The largest absolute Gasteiger partial charge is 0.301 e. The average molecular weight is 372 g/mol. The second-order valence-electron chi connectivity index (χ2n) is 6.36. The van der Waals surface area contributed by atoms with Gasteiger partial charge in [0.15, 0.2) is 0 Å².